The molecule has 0 N–H and O–H groups in total. The van der Waals surface area contributed by atoms with Gasteiger partial charge in [0.2, 0.25) is 0 Å². The van der Waals surface area contributed by atoms with Crippen LogP contribution in [0.5, 0.6) is 0 Å². The number of hydrogen-bond acceptors (Lipinski definition) is 4. The van der Waals surface area contributed by atoms with Crippen molar-refractivity contribution in [3.63, 3.8) is 0 Å². The maximum atomic E-state index is 11.0. The van der Waals surface area contributed by atoms with Gasteiger partial charge in [0.15, 0.2) is 5.78 Å². The third-order valence-corrected chi connectivity index (χ3v) is 2.73. The Labute approximate surface area is 92.1 Å². The van der Waals surface area contributed by atoms with E-state index < -0.39 is 0 Å². The molecule has 0 radical (unpaired) electrons. The van der Waals surface area contributed by atoms with Crippen molar-refractivity contribution in [3.8, 4) is 11.8 Å². The third kappa shape index (κ3) is 3.56. The molecule has 0 spiro atoms. The summed E-state index contributed by atoms with van der Waals surface area (Å²) in [6.45, 7) is 1.51. The fraction of sp³-hybridized carbons (Fsp3) is 0.273. The van der Waals surface area contributed by atoms with Crippen molar-refractivity contribution >= 4 is 23.1 Å². The van der Waals surface area contributed by atoms with E-state index >= 15 is 0 Å². The van der Waals surface area contributed by atoms with Crippen LogP contribution in [0.15, 0.2) is 12.1 Å². The number of ketones is 1. The molecular weight excluding hydrogens is 212 g/mol. The summed E-state index contributed by atoms with van der Waals surface area (Å²) in [4.78, 5) is 23.2. The Balaban J connectivity index is 2.64. The number of methoxy groups -OCH3 is 1. The van der Waals surface area contributed by atoms with E-state index in [1.807, 2.05) is 0 Å². The number of carbonyl (C=O) groups excluding carboxylic acids is 2. The van der Waals surface area contributed by atoms with Gasteiger partial charge in [-0.2, -0.15) is 0 Å². The van der Waals surface area contributed by atoms with Crippen molar-refractivity contribution in [1.29, 1.82) is 0 Å². The maximum Gasteiger partial charge on any atom is 0.317 e. The molecule has 0 saturated heterocycles. The molecule has 78 valence electrons. The first-order valence-corrected chi connectivity index (χ1v) is 5.11. The highest BCUT2D eigenvalue weighted by atomic mass is 32.1. The van der Waals surface area contributed by atoms with Gasteiger partial charge in [-0.25, -0.2) is 0 Å². The molecule has 15 heavy (non-hydrogen) atoms. The molecule has 1 aromatic rings. The lowest BCUT2D eigenvalue weighted by molar-refractivity contribution is -0.139. The summed E-state index contributed by atoms with van der Waals surface area (Å²) in [6, 6.07) is 3.50. The molecule has 3 nitrogen and oxygen atoms in total. The molecular formula is C11H10O3S. The van der Waals surface area contributed by atoms with E-state index in [-0.39, 0.29) is 18.2 Å². The molecule has 0 amide bonds. The first-order valence-electron chi connectivity index (χ1n) is 4.30. The van der Waals surface area contributed by atoms with Gasteiger partial charge in [0, 0.05) is 0 Å². The minimum Gasteiger partial charge on any atom is -0.468 e. The predicted molar refractivity (Wildman–Crippen MR) is 57.8 cm³/mol. The number of hydrogen-bond donors (Lipinski definition) is 0. The van der Waals surface area contributed by atoms with Crippen LogP contribution in [-0.2, 0) is 9.53 Å². The third-order valence-electron chi connectivity index (χ3n) is 1.62. The van der Waals surface area contributed by atoms with Crippen molar-refractivity contribution in [1.82, 2.24) is 0 Å². The lowest BCUT2D eigenvalue weighted by Gasteiger charge is -1.88. The van der Waals surface area contributed by atoms with Crippen molar-refractivity contribution in [3.05, 3.63) is 21.9 Å². The lowest BCUT2D eigenvalue weighted by Crippen LogP contribution is -1.96. The molecule has 1 heterocycles. The highest BCUT2D eigenvalue weighted by Crippen LogP contribution is 2.15. The van der Waals surface area contributed by atoms with Crippen LogP contribution < -0.4 is 0 Å². The van der Waals surface area contributed by atoms with Gasteiger partial charge >= 0.3 is 5.97 Å². The molecule has 4 heteroatoms. The monoisotopic (exact) mass is 222 g/mol. The van der Waals surface area contributed by atoms with E-state index in [1.54, 1.807) is 12.1 Å². The van der Waals surface area contributed by atoms with Crippen LogP contribution in [0.3, 0.4) is 0 Å². The van der Waals surface area contributed by atoms with Gasteiger partial charge in [0.05, 0.1) is 16.9 Å². The topological polar surface area (TPSA) is 43.4 Å². The summed E-state index contributed by atoms with van der Waals surface area (Å²) in [5.74, 6) is 5.15. The van der Waals surface area contributed by atoms with Gasteiger partial charge in [-0.1, -0.05) is 11.8 Å². The summed E-state index contributed by atoms with van der Waals surface area (Å²) < 4.78 is 4.44. The van der Waals surface area contributed by atoms with Crippen LogP contribution >= 0.6 is 11.3 Å². The van der Waals surface area contributed by atoms with Gasteiger partial charge < -0.3 is 4.74 Å². The smallest absolute Gasteiger partial charge is 0.317 e. The zero-order valence-corrected chi connectivity index (χ0v) is 9.31. The van der Waals surface area contributed by atoms with Crippen LogP contribution in [0.4, 0.5) is 0 Å². The number of rotatable bonds is 2. The van der Waals surface area contributed by atoms with Crippen LogP contribution in [0.1, 0.15) is 27.9 Å². The van der Waals surface area contributed by atoms with Gasteiger partial charge in [0.1, 0.15) is 6.42 Å². The van der Waals surface area contributed by atoms with Gasteiger partial charge in [-0.05, 0) is 19.1 Å². The molecule has 0 atom stereocenters. The van der Waals surface area contributed by atoms with Crippen LogP contribution in [0, 0.1) is 11.8 Å². The molecule has 0 saturated carbocycles. The van der Waals surface area contributed by atoms with Gasteiger partial charge in [-0.15, -0.1) is 11.3 Å². The highest BCUT2D eigenvalue weighted by molar-refractivity contribution is 7.14. The number of Topliss-reactive ketones (excluding diaryl/α,β-unsaturated/α-hetero) is 1. The summed E-state index contributed by atoms with van der Waals surface area (Å²) in [5.41, 5.74) is 0. The largest absolute Gasteiger partial charge is 0.468 e. The standard InChI is InChI=1S/C11H10O3S/c1-8(12)10-7-6-9(15-10)4-3-5-11(13)14-2/h6-7H,5H2,1-2H3. The Morgan fingerprint density at radius 3 is 2.73 bits per heavy atom. The molecule has 0 fully saturated rings. The maximum absolute atomic E-state index is 11.0. The fourth-order valence-electron chi connectivity index (χ4n) is 0.870. The Hall–Kier alpha value is -1.60. The van der Waals surface area contributed by atoms with Crippen LogP contribution in [-0.4, -0.2) is 18.9 Å². The Morgan fingerprint density at radius 2 is 2.20 bits per heavy atom. The van der Waals surface area contributed by atoms with Crippen LogP contribution in [0.2, 0.25) is 0 Å². The minimum atomic E-state index is -0.356. The van der Waals surface area contributed by atoms with E-state index in [4.69, 9.17) is 0 Å². The zero-order chi connectivity index (χ0) is 11.3. The first kappa shape index (κ1) is 11.5. The number of carbonyl (C=O) groups is 2. The number of ether oxygens (including phenoxy) is 1. The second-order valence-electron chi connectivity index (χ2n) is 2.77. The quantitative estimate of drug-likeness (QED) is 0.436. The highest BCUT2D eigenvalue weighted by Gasteiger charge is 2.01. The van der Waals surface area contributed by atoms with Crippen molar-refractivity contribution in [2.24, 2.45) is 0 Å². The van der Waals surface area contributed by atoms with Crippen molar-refractivity contribution in [2.75, 3.05) is 7.11 Å². The van der Waals surface area contributed by atoms with Gasteiger partial charge in [-0.3, -0.25) is 9.59 Å². The fourth-order valence-corrected chi connectivity index (χ4v) is 1.65. The zero-order valence-electron chi connectivity index (χ0n) is 8.49. The molecule has 0 unspecified atom stereocenters. The van der Waals surface area contributed by atoms with Gasteiger partial charge in [0.25, 0.3) is 0 Å². The predicted octanol–water partition coefficient (Wildman–Crippen LogP) is 1.87. The number of esters is 1. The first-order chi connectivity index (χ1) is 7.13. The van der Waals surface area contributed by atoms with E-state index in [0.717, 1.165) is 4.88 Å². The Bertz CT molecular complexity index is 434. The van der Waals surface area contributed by atoms with Crippen molar-refractivity contribution in [2.45, 2.75) is 13.3 Å². The summed E-state index contributed by atoms with van der Waals surface area (Å²) in [6.07, 6.45) is 0.0732. The molecule has 0 aliphatic heterocycles. The number of thiophene rings is 1. The second kappa shape index (κ2) is 5.32. The average molecular weight is 222 g/mol. The summed E-state index contributed by atoms with van der Waals surface area (Å²) in [7, 11) is 1.32. The summed E-state index contributed by atoms with van der Waals surface area (Å²) >= 11 is 1.32. The normalized spacial score (nSPS) is 8.93. The Kier molecular flexibility index (Phi) is 4.07. The molecule has 0 aromatic carbocycles. The molecule has 0 bridgehead atoms. The van der Waals surface area contributed by atoms with Crippen LogP contribution in [0.25, 0.3) is 0 Å². The molecule has 1 aromatic heterocycles. The molecule has 0 aliphatic carbocycles. The second-order valence-corrected chi connectivity index (χ2v) is 3.86. The Morgan fingerprint density at radius 1 is 1.47 bits per heavy atom. The average Bonchev–Trinajstić information content (AvgIpc) is 2.66. The summed E-state index contributed by atoms with van der Waals surface area (Å²) in [5, 5.41) is 0. The minimum absolute atomic E-state index is 0.0287. The van der Waals surface area contributed by atoms with E-state index in [0.29, 0.717) is 4.88 Å². The molecule has 1 rings (SSSR count). The molecule has 0 aliphatic rings. The van der Waals surface area contributed by atoms with E-state index in [2.05, 4.69) is 16.6 Å². The van der Waals surface area contributed by atoms with E-state index in [1.165, 1.54) is 25.4 Å². The lowest BCUT2D eigenvalue weighted by atomic mass is 10.3. The van der Waals surface area contributed by atoms with Crippen molar-refractivity contribution < 1.29 is 14.3 Å². The SMILES string of the molecule is COC(=O)CC#Cc1ccc(C(C)=O)s1. The van der Waals surface area contributed by atoms with E-state index in [9.17, 15) is 9.59 Å².